The number of rotatable bonds is 8. The van der Waals surface area contributed by atoms with Gasteiger partial charge in [-0.2, -0.15) is 4.98 Å². The minimum atomic E-state index is -1.24. The van der Waals surface area contributed by atoms with Crippen molar-refractivity contribution in [2.45, 2.75) is 39.3 Å². The number of aromatic carboxylic acids is 1. The highest BCUT2D eigenvalue weighted by Gasteiger charge is 2.18. The van der Waals surface area contributed by atoms with Gasteiger partial charge in [0, 0.05) is 20.7 Å². The molecule has 1 heterocycles. The maximum absolute atomic E-state index is 14.2. The third-order valence-corrected chi connectivity index (χ3v) is 7.15. The quantitative estimate of drug-likeness (QED) is 0.218. The highest BCUT2D eigenvalue weighted by molar-refractivity contribution is 14.1. The number of carboxylic acid groups (broad SMARTS) is 1. The zero-order chi connectivity index (χ0) is 22.1. The van der Waals surface area contributed by atoms with Gasteiger partial charge in [0.25, 0.3) is 0 Å². The number of ether oxygens (including phenoxy) is 2. The maximum Gasteiger partial charge on any atom is 0.336 e. The lowest BCUT2D eigenvalue weighted by Crippen LogP contribution is -2.22. The fraction of sp³-hybridized carbons (Fsp3) is 0.333. The molecule has 3 aromatic rings. The molecule has 3 rings (SSSR count). The molecule has 2 aromatic carbocycles. The molecule has 30 heavy (non-hydrogen) atoms. The fourth-order valence-electron chi connectivity index (χ4n) is 2.84. The van der Waals surface area contributed by atoms with E-state index < -0.39 is 14.0 Å². The van der Waals surface area contributed by atoms with Gasteiger partial charge in [-0.05, 0) is 59.3 Å². The molecule has 1 N–H and O–H groups in total. The molecule has 0 aliphatic carbocycles. The average molecular weight is 542 g/mol. The van der Waals surface area contributed by atoms with Crippen molar-refractivity contribution in [3.05, 3.63) is 50.8 Å². The second kappa shape index (κ2) is 9.02. The van der Waals surface area contributed by atoms with Crippen molar-refractivity contribution in [1.29, 1.82) is 0 Å². The van der Waals surface area contributed by atoms with Crippen LogP contribution < -0.4 is 4.74 Å². The lowest BCUT2D eigenvalue weighted by atomic mass is 10.1. The first-order valence-electron chi connectivity index (χ1n) is 9.50. The molecule has 9 heteroatoms. The van der Waals surface area contributed by atoms with Crippen LogP contribution in [0, 0.1) is 16.3 Å². The molecule has 6 nitrogen and oxygen atoms in total. The zero-order valence-corrected chi connectivity index (χ0v) is 20.5. The van der Waals surface area contributed by atoms with Crippen LogP contribution in [0.4, 0.5) is 4.39 Å². The highest BCUT2D eigenvalue weighted by atomic mass is 127. The normalized spacial score (nSPS) is 11.8. The molecule has 0 unspecified atom stereocenters. The summed E-state index contributed by atoms with van der Waals surface area (Å²) in [6, 6.07) is 9.10. The van der Waals surface area contributed by atoms with E-state index in [0.717, 1.165) is 6.04 Å². The minimum Gasteiger partial charge on any atom is -0.478 e. The predicted molar refractivity (Wildman–Crippen MR) is 125 cm³/mol. The number of hydrogen-bond acceptors (Lipinski definition) is 4. The zero-order valence-electron chi connectivity index (χ0n) is 17.3. The summed E-state index contributed by atoms with van der Waals surface area (Å²) in [7, 11) is -1.24. The number of benzene rings is 2. The number of nitrogens with zero attached hydrogens (tertiary/aromatic N) is 2. The molecule has 1 aromatic heterocycles. The second-order valence-corrected chi connectivity index (χ2v) is 15.1. The molecule has 0 saturated heterocycles. The van der Waals surface area contributed by atoms with Crippen LogP contribution in [0.3, 0.4) is 0 Å². The van der Waals surface area contributed by atoms with Gasteiger partial charge in [0.15, 0.2) is 0 Å². The molecule has 0 aliphatic heterocycles. The average Bonchev–Trinajstić information content (AvgIpc) is 2.96. The van der Waals surface area contributed by atoms with Gasteiger partial charge in [-0.25, -0.2) is 9.18 Å². The van der Waals surface area contributed by atoms with E-state index in [2.05, 4.69) is 24.6 Å². The SMILES string of the molecule is Cc1ccc(Oc2nc3cc(I)c(F)cc3n2COCC[Si](C)(C)C)cc1C(=O)O. The number of hydrogen-bond donors (Lipinski definition) is 1. The molecule has 0 aliphatic rings. The van der Waals surface area contributed by atoms with Crippen LogP contribution in [0.5, 0.6) is 11.8 Å². The van der Waals surface area contributed by atoms with Crippen molar-refractivity contribution in [3.63, 3.8) is 0 Å². The van der Waals surface area contributed by atoms with Gasteiger partial charge < -0.3 is 14.6 Å². The first-order chi connectivity index (χ1) is 14.0. The van der Waals surface area contributed by atoms with E-state index in [1.54, 1.807) is 29.7 Å². The largest absolute Gasteiger partial charge is 0.478 e. The molecule has 160 valence electrons. The number of aromatic nitrogens is 2. The summed E-state index contributed by atoms with van der Waals surface area (Å²) in [5, 5.41) is 9.36. The van der Waals surface area contributed by atoms with E-state index in [1.807, 2.05) is 22.6 Å². The summed E-state index contributed by atoms with van der Waals surface area (Å²) >= 11 is 1.92. The van der Waals surface area contributed by atoms with Crippen molar-refractivity contribution < 1.29 is 23.8 Å². The molecule has 0 saturated carbocycles. The minimum absolute atomic E-state index is 0.155. The van der Waals surface area contributed by atoms with Crippen LogP contribution in [0.1, 0.15) is 15.9 Å². The molecule has 0 radical (unpaired) electrons. The Morgan fingerprint density at radius 3 is 2.67 bits per heavy atom. The lowest BCUT2D eigenvalue weighted by Gasteiger charge is -2.16. The van der Waals surface area contributed by atoms with Crippen molar-refractivity contribution in [1.82, 2.24) is 9.55 Å². The van der Waals surface area contributed by atoms with Gasteiger partial charge in [0.2, 0.25) is 0 Å². The number of carboxylic acids is 1. The van der Waals surface area contributed by atoms with Crippen LogP contribution in [-0.4, -0.2) is 35.3 Å². The van der Waals surface area contributed by atoms with Crippen molar-refractivity contribution in [3.8, 4) is 11.8 Å². The van der Waals surface area contributed by atoms with Gasteiger partial charge in [-0.15, -0.1) is 0 Å². The maximum atomic E-state index is 14.2. The van der Waals surface area contributed by atoms with Gasteiger partial charge in [-0.1, -0.05) is 25.7 Å². The van der Waals surface area contributed by atoms with E-state index in [0.29, 0.717) is 32.5 Å². The van der Waals surface area contributed by atoms with Gasteiger partial charge in [0.05, 0.1) is 20.2 Å². The first kappa shape index (κ1) is 22.7. The second-order valence-electron chi connectivity index (χ2n) is 8.31. The summed E-state index contributed by atoms with van der Waals surface area (Å²) in [5.74, 6) is -1.04. The summed E-state index contributed by atoms with van der Waals surface area (Å²) < 4.78 is 28.1. The summed E-state index contributed by atoms with van der Waals surface area (Å²) in [6.07, 6.45) is 0. The Balaban J connectivity index is 1.94. The highest BCUT2D eigenvalue weighted by Crippen LogP contribution is 2.29. The van der Waals surface area contributed by atoms with Crippen LogP contribution in [-0.2, 0) is 11.5 Å². The predicted octanol–water partition coefficient (Wildman–Crippen LogP) is 5.89. The number of imidazole rings is 1. The summed E-state index contributed by atoms with van der Waals surface area (Å²) in [4.78, 5) is 15.9. The molecular formula is C21H24FIN2O4Si. The van der Waals surface area contributed by atoms with E-state index in [-0.39, 0.29) is 24.1 Å². The van der Waals surface area contributed by atoms with Crippen molar-refractivity contribution in [2.75, 3.05) is 6.61 Å². The standard InChI is InChI=1S/C21H24FIN2O4Si/c1-13-5-6-14(9-15(13)20(26)27)29-21-24-18-11-17(23)16(22)10-19(18)25(21)12-28-7-8-30(2,3)4/h5-6,9-11H,7-8,12H2,1-4H3,(H,26,27). The molecule has 0 amide bonds. The van der Waals surface area contributed by atoms with Crippen molar-refractivity contribution in [2.24, 2.45) is 0 Å². The Morgan fingerprint density at radius 2 is 2.00 bits per heavy atom. The monoisotopic (exact) mass is 542 g/mol. The van der Waals surface area contributed by atoms with Crippen molar-refractivity contribution >= 4 is 47.7 Å². The van der Waals surface area contributed by atoms with Gasteiger partial charge >= 0.3 is 12.0 Å². The van der Waals surface area contributed by atoms with Crippen LogP contribution in [0.25, 0.3) is 11.0 Å². The lowest BCUT2D eigenvalue weighted by molar-refractivity contribution is 0.0695. The van der Waals surface area contributed by atoms with E-state index in [4.69, 9.17) is 9.47 Å². The smallest absolute Gasteiger partial charge is 0.336 e. The molecular weight excluding hydrogens is 518 g/mol. The van der Waals surface area contributed by atoms with E-state index in [9.17, 15) is 14.3 Å². The molecule has 0 atom stereocenters. The third-order valence-electron chi connectivity index (χ3n) is 4.62. The number of carbonyl (C=O) groups is 1. The number of halogens is 2. The van der Waals surface area contributed by atoms with Gasteiger partial charge in [0.1, 0.15) is 18.3 Å². The Labute approximate surface area is 189 Å². The Morgan fingerprint density at radius 1 is 1.27 bits per heavy atom. The Bertz CT molecular complexity index is 1090. The van der Waals surface area contributed by atoms with Gasteiger partial charge in [-0.3, -0.25) is 4.57 Å². The van der Waals surface area contributed by atoms with E-state index in [1.165, 1.54) is 12.1 Å². The Hall–Kier alpha value is -1.98. The summed E-state index contributed by atoms with van der Waals surface area (Å²) in [6.45, 7) is 9.29. The van der Waals surface area contributed by atoms with Crippen LogP contribution >= 0.6 is 22.6 Å². The van der Waals surface area contributed by atoms with E-state index >= 15 is 0 Å². The van der Waals surface area contributed by atoms with Crippen LogP contribution in [0.2, 0.25) is 25.7 Å². The number of fused-ring (bicyclic) bond motifs is 1. The topological polar surface area (TPSA) is 73.6 Å². The molecule has 0 spiro atoms. The first-order valence-corrected chi connectivity index (χ1v) is 14.3. The molecule has 0 fully saturated rings. The summed E-state index contributed by atoms with van der Waals surface area (Å²) in [5.41, 5.74) is 1.92. The fourth-order valence-corrected chi connectivity index (χ4v) is 4.04. The third kappa shape index (κ3) is 5.38. The Kier molecular flexibility index (Phi) is 6.83. The number of aryl methyl sites for hydroxylation is 1. The molecule has 0 bridgehead atoms. The van der Waals surface area contributed by atoms with Crippen LogP contribution in [0.15, 0.2) is 30.3 Å².